The summed E-state index contributed by atoms with van der Waals surface area (Å²) in [5.74, 6) is 0.583. The van der Waals surface area contributed by atoms with Crippen molar-refractivity contribution in [1.82, 2.24) is 0 Å². The molecule has 116 valence electrons. The lowest BCUT2D eigenvalue weighted by Crippen LogP contribution is -2.32. The lowest BCUT2D eigenvalue weighted by molar-refractivity contribution is -0.122. The fraction of sp³-hybridized carbons (Fsp3) is 0.278. The van der Waals surface area contributed by atoms with Crippen LogP contribution in [0.1, 0.15) is 24.5 Å². The van der Waals surface area contributed by atoms with Gasteiger partial charge in [-0.15, -0.1) is 0 Å². The van der Waals surface area contributed by atoms with Crippen molar-refractivity contribution in [2.24, 2.45) is 0 Å². The number of carbonyl (C=O) groups excluding carboxylic acids is 1. The van der Waals surface area contributed by atoms with Crippen LogP contribution in [0.5, 0.6) is 5.75 Å². The lowest BCUT2D eigenvalue weighted by atomic mass is 10.2. The molecule has 0 unspecified atom stereocenters. The Bertz CT molecular complexity index is 670. The van der Waals surface area contributed by atoms with Gasteiger partial charge in [-0.25, -0.2) is 0 Å². The first-order valence-corrected chi connectivity index (χ1v) is 8.09. The summed E-state index contributed by atoms with van der Waals surface area (Å²) in [6.07, 6.45) is 0.0979. The minimum Gasteiger partial charge on any atom is -0.481 e. The van der Waals surface area contributed by atoms with E-state index in [9.17, 15) is 4.79 Å². The highest BCUT2D eigenvalue weighted by atomic mass is 79.9. The number of rotatable bonds is 5. The maximum Gasteiger partial charge on any atom is 0.265 e. The zero-order valence-electron chi connectivity index (χ0n) is 13.0. The third-order valence-corrected chi connectivity index (χ3v) is 4.25. The van der Waals surface area contributed by atoms with Gasteiger partial charge < -0.3 is 10.1 Å². The SMILES string of the molecule is CC[C@@H](Oc1cccc(C)c1)C(=O)Nc1ccc(Br)c(C)c1. The Labute approximate surface area is 139 Å². The molecule has 0 saturated carbocycles. The van der Waals surface area contributed by atoms with Gasteiger partial charge in [-0.2, -0.15) is 0 Å². The van der Waals surface area contributed by atoms with Crippen LogP contribution in [0.25, 0.3) is 0 Å². The van der Waals surface area contributed by atoms with Crippen LogP contribution in [0.4, 0.5) is 5.69 Å². The topological polar surface area (TPSA) is 38.3 Å². The molecule has 0 radical (unpaired) electrons. The van der Waals surface area contributed by atoms with Crippen LogP contribution in [0.2, 0.25) is 0 Å². The number of ether oxygens (including phenoxy) is 1. The number of hydrogen-bond acceptors (Lipinski definition) is 2. The lowest BCUT2D eigenvalue weighted by Gasteiger charge is -2.18. The number of benzene rings is 2. The summed E-state index contributed by atoms with van der Waals surface area (Å²) in [5, 5.41) is 2.91. The van der Waals surface area contributed by atoms with Crippen LogP contribution in [-0.2, 0) is 4.79 Å². The van der Waals surface area contributed by atoms with Crippen LogP contribution >= 0.6 is 15.9 Å². The van der Waals surface area contributed by atoms with Crippen molar-refractivity contribution in [3.8, 4) is 5.75 Å². The summed E-state index contributed by atoms with van der Waals surface area (Å²) >= 11 is 3.45. The van der Waals surface area contributed by atoms with Crippen molar-refractivity contribution in [3.05, 3.63) is 58.1 Å². The zero-order chi connectivity index (χ0) is 16.1. The Morgan fingerprint density at radius 1 is 1.23 bits per heavy atom. The molecular formula is C18H20BrNO2. The van der Waals surface area contributed by atoms with Crippen molar-refractivity contribution in [2.45, 2.75) is 33.3 Å². The number of hydrogen-bond donors (Lipinski definition) is 1. The van der Waals surface area contributed by atoms with Crippen molar-refractivity contribution >= 4 is 27.5 Å². The quantitative estimate of drug-likeness (QED) is 0.825. The number of carbonyl (C=O) groups is 1. The van der Waals surface area contributed by atoms with Gasteiger partial charge >= 0.3 is 0 Å². The summed E-state index contributed by atoms with van der Waals surface area (Å²) in [5.41, 5.74) is 2.96. The maximum absolute atomic E-state index is 12.4. The van der Waals surface area contributed by atoms with Crippen molar-refractivity contribution in [2.75, 3.05) is 5.32 Å². The Hall–Kier alpha value is -1.81. The molecule has 2 rings (SSSR count). The molecule has 1 amide bonds. The molecule has 0 aliphatic heterocycles. The average molecular weight is 362 g/mol. The molecule has 1 N–H and O–H groups in total. The highest BCUT2D eigenvalue weighted by Gasteiger charge is 2.18. The molecule has 0 fully saturated rings. The van der Waals surface area contributed by atoms with Gasteiger partial charge in [-0.3, -0.25) is 4.79 Å². The van der Waals surface area contributed by atoms with E-state index in [1.807, 2.05) is 63.2 Å². The normalized spacial score (nSPS) is 11.8. The van der Waals surface area contributed by atoms with E-state index in [4.69, 9.17) is 4.74 Å². The van der Waals surface area contributed by atoms with Crippen LogP contribution in [-0.4, -0.2) is 12.0 Å². The monoisotopic (exact) mass is 361 g/mol. The van der Waals surface area contributed by atoms with E-state index < -0.39 is 6.10 Å². The molecule has 0 heterocycles. The highest BCUT2D eigenvalue weighted by molar-refractivity contribution is 9.10. The predicted octanol–water partition coefficient (Wildman–Crippen LogP) is 4.86. The first kappa shape index (κ1) is 16.6. The molecule has 2 aromatic carbocycles. The van der Waals surface area contributed by atoms with Gasteiger partial charge in [0.15, 0.2) is 6.10 Å². The summed E-state index contributed by atoms with van der Waals surface area (Å²) in [7, 11) is 0. The Morgan fingerprint density at radius 2 is 2.00 bits per heavy atom. The van der Waals surface area contributed by atoms with Crippen LogP contribution in [0.15, 0.2) is 46.9 Å². The van der Waals surface area contributed by atoms with Crippen LogP contribution in [0, 0.1) is 13.8 Å². The number of halogens is 1. The molecule has 0 aliphatic rings. The molecule has 3 nitrogen and oxygen atoms in total. The molecule has 2 aromatic rings. The van der Waals surface area contributed by atoms with E-state index in [0.717, 1.165) is 21.3 Å². The second-order valence-electron chi connectivity index (χ2n) is 5.28. The first-order chi connectivity index (χ1) is 10.5. The Balaban J connectivity index is 2.06. The molecule has 22 heavy (non-hydrogen) atoms. The second kappa shape index (κ2) is 7.45. The van der Waals surface area contributed by atoms with Gasteiger partial charge in [0, 0.05) is 10.2 Å². The zero-order valence-corrected chi connectivity index (χ0v) is 14.6. The van der Waals surface area contributed by atoms with E-state index in [-0.39, 0.29) is 5.91 Å². The van der Waals surface area contributed by atoms with Gasteiger partial charge in [-0.05, 0) is 61.7 Å². The molecule has 0 aliphatic carbocycles. The summed E-state index contributed by atoms with van der Waals surface area (Å²) in [4.78, 5) is 12.4. The van der Waals surface area contributed by atoms with Gasteiger partial charge in [-0.1, -0.05) is 35.0 Å². The average Bonchev–Trinajstić information content (AvgIpc) is 2.48. The van der Waals surface area contributed by atoms with Gasteiger partial charge in [0.05, 0.1) is 0 Å². The standard InChI is InChI=1S/C18H20BrNO2/c1-4-17(22-15-7-5-6-12(2)10-15)18(21)20-14-8-9-16(19)13(3)11-14/h5-11,17H,4H2,1-3H3,(H,20,21)/t17-/m1/s1. The summed E-state index contributed by atoms with van der Waals surface area (Å²) in [6, 6.07) is 13.4. The maximum atomic E-state index is 12.4. The van der Waals surface area contributed by atoms with Gasteiger partial charge in [0.2, 0.25) is 0 Å². The van der Waals surface area contributed by atoms with E-state index in [2.05, 4.69) is 21.2 Å². The van der Waals surface area contributed by atoms with Gasteiger partial charge in [0.1, 0.15) is 5.75 Å². The third-order valence-electron chi connectivity index (χ3n) is 3.36. The molecular weight excluding hydrogens is 342 g/mol. The molecule has 0 bridgehead atoms. The fourth-order valence-electron chi connectivity index (χ4n) is 2.12. The first-order valence-electron chi connectivity index (χ1n) is 7.30. The van der Waals surface area contributed by atoms with Crippen molar-refractivity contribution in [3.63, 3.8) is 0 Å². The van der Waals surface area contributed by atoms with E-state index in [1.54, 1.807) is 0 Å². The van der Waals surface area contributed by atoms with E-state index >= 15 is 0 Å². The van der Waals surface area contributed by atoms with Crippen molar-refractivity contribution < 1.29 is 9.53 Å². The van der Waals surface area contributed by atoms with Crippen LogP contribution in [0.3, 0.4) is 0 Å². The number of nitrogens with one attached hydrogen (secondary N) is 1. The van der Waals surface area contributed by atoms with Crippen LogP contribution < -0.4 is 10.1 Å². The summed E-state index contributed by atoms with van der Waals surface area (Å²) in [6.45, 7) is 5.92. The molecule has 0 aromatic heterocycles. The van der Waals surface area contributed by atoms with Gasteiger partial charge in [0.25, 0.3) is 5.91 Å². The minimum atomic E-state index is -0.509. The predicted molar refractivity (Wildman–Crippen MR) is 93.4 cm³/mol. The molecule has 0 spiro atoms. The second-order valence-corrected chi connectivity index (χ2v) is 6.14. The van der Waals surface area contributed by atoms with E-state index in [1.165, 1.54) is 0 Å². The molecule has 0 saturated heterocycles. The molecule has 1 atom stereocenters. The number of amides is 1. The summed E-state index contributed by atoms with van der Waals surface area (Å²) < 4.78 is 6.83. The smallest absolute Gasteiger partial charge is 0.265 e. The fourth-order valence-corrected chi connectivity index (χ4v) is 2.37. The Kier molecular flexibility index (Phi) is 5.61. The third kappa shape index (κ3) is 4.34. The number of aryl methyl sites for hydroxylation is 2. The number of anilines is 1. The molecule has 4 heteroatoms. The minimum absolute atomic E-state index is 0.134. The van der Waals surface area contributed by atoms with Crippen molar-refractivity contribution in [1.29, 1.82) is 0 Å². The largest absolute Gasteiger partial charge is 0.481 e. The van der Waals surface area contributed by atoms with E-state index in [0.29, 0.717) is 12.2 Å². The Morgan fingerprint density at radius 3 is 2.64 bits per heavy atom. The highest BCUT2D eigenvalue weighted by Crippen LogP contribution is 2.21.